The second kappa shape index (κ2) is 11.0. The summed E-state index contributed by atoms with van der Waals surface area (Å²) in [5.74, 6) is 0. The van der Waals surface area contributed by atoms with Crippen LogP contribution in [0.15, 0.2) is 0 Å². The van der Waals surface area contributed by atoms with E-state index in [0.29, 0.717) is 0 Å². The molecule has 0 radical (unpaired) electrons. The highest BCUT2D eigenvalue weighted by atomic mass is 31.2. The first-order valence-electron chi connectivity index (χ1n) is 4.10. The highest BCUT2D eigenvalue weighted by molar-refractivity contribution is 7.46. The van der Waals surface area contributed by atoms with Gasteiger partial charge in [-0.3, -0.25) is 4.52 Å². The van der Waals surface area contributed by atoms with Gasteiger partial charge in [0, 0.05) is 0 Å². The number of hydrogen-bond acceptors (Lipinski definition) is 8. The number of hydrogen-bond donors (Lipinski definition) is 7. The van der Waals surface area contributed by atoms with Crippen LogP contribution in [0.2, 0.25) is 0 Å². The first-order valence-corrected chi connectivity index (χ1v) is 5.63. The van der Waals surface area contributed by atoms with Crippen molar-refractivity contribution >= 4 is 7.82 Å². The first kappa shape index (κ1) is 22.1. The Hall–Kier alpha value is -0.130. The van der Waals surface area contributed by atoms with Crippen LogP contribution in [-0.4, -0.2) is 63.7 Å². The summed E-state index contributed by atoms with van der Waals surface area (Å²) < 4.78 is 19.3. The van der Waals surface area contributed by atoms with Crippen LogP contribution >= 0.6 is 7.82 Å². The molecule has 2 unspecified atom stereocenters. The largest absolute Gasteiger partial charge is 0.470 e. The van der Waals surface area contributed by atoms with Gasteiger partial charge in [-0.25, -0.2) is 4.57 Å². The third-order valence-electron chi connectivity index (χ3n) is 1.31. The van der Waals surface area contributed by atoms with Gasteiger partial charge in [0.1, 0.15) is 12.2 Å². The molecule has 108 valence electrons. The molecule has 0 heterocycles. The van der Waals surface area contributed by atoms with E-state index >= 15 is 0 Å². The van der Waals surface area contributed by atoms with Gasteiger partial charge >= 0.3 is 7.82 Å². The highest BCUT2D eigenvalue weighted by Gasteiger charge is 2.21. The van der Waals surface area contributed by atoms with Crippen molar-refractivity contribution in [1.82, 2.24) is 12.3 Å². The Balaban J connectivity index is -0.000000980. The Kier molecular flexibility index (Phi) is 14.3. The number of aliphatic hydroxyl groups is 3. The monoisotopic (exact) mass is 280 g/mol. The van der Waals surface area contributed by atoms with Gasteiger partial charge in [-0.15, -0.1) is 0 Å². The second-order valence-electron chi connectivity index (χ2n) is 2.77. The van der Waals surface area contributed by atoms with Crippen LogP contribution in [0, 0.1) is 0 Å². The van der Waals surface area contributed by atoms with Crippen LogP contribution in [0.1, 0.15) is 0 Å². The quantitative estimate of drug-likeness (QED) is 0.247. The number of ether oxygens (including phenoxy) is 1. The standard InChI is InChI=1S/C6H15O8P.2H3N/c7-1-5(9)3-13-4-6(2-8)14-15(10,11)12;;/h5-9H,1-4H2,(H2,10,11,12);2*1H3. The van der Waals surface area contributed by atoms with Gasteiger partial charge in [0.25, 0.3) is 0 Å². The van der Waals surface area contributed by atoms with E-state index in [1.165, 1.54) is 0 Å². The number of aliphatic hydroxyl groups excluding tert-OH is 3. The van der Waals surface area contributed by atoms with E-state index in [-0.39, 0.29) is 25.5 Å². The summed E-state index contributed by atoms with van der Waals surface area (Å²) in [5.41, 5.74) is 0. The minimum atomic E-state index is -4.66. The molecule has 0 aromatic rings. The lowest BCUT2D eigenvalue weighted by atomic mass is 10.4. The summed E-state index contributed by atoms with van der Waals surface area (Å²) in [6.07, 6.45) is -2.24. The van der Waals surface area contributed by atoms with Crippen molar-refractivity contribution in [3.8, 4) is 0 Å². The van der Waals surface area contributed by atoms with Crippen LogP contribution in [0.5, 0.6) is 0 Å². The Morgan fingerprint density at radius 2 is 1.59 bits per heavy atom. The maximum atomic E-state index is 10.4. The Morgan fingerprint density at radius 3 is 1.94 bits per heavy atom. The molecule has 11 heteroatoms. The third kappa shape index (κ3) is 13.8. The van der Waals surface area contributed by atoms with E-state index in [2.05, 4.69) is 4.52 Å². The molecule has 0 aliphatic carbocycles. The maximum Gasteiger partial charge on any atom is 0.470 e. The van der Waals surface area contributed by atoms with Crippen molar-refractivity contribution in [3.05, 3.63) is 0 Å². The summed E-state index contributed by atoms with van der Waals surface area (Å²) in [6, 6.07) is 0. The molecule has 0 aliphatic heterocycles. The molecule has 0 bridgehead atoms. The van der Waals surface area contributed by atoms with Gasteiger partial charge in [0.05, 0.1) is 26.4 Å². The molecule has 0 saturated carbocycles. The van der Waals surface area contributed by atoms with Crippen LogP contribution in [0.3, 0.4) is 0 Å². The average Bonchev–Trinajstić information content (AvgIpc) is 2.14. The van der Waals surface area contributed by atoms with Gasteiger partial charge in [-0.05, 0) is 0 Å². The summed E-state index contributed by atoms with van der Waals surface area (Å²) in [5, 5.41) is 25.9. The molecule has 0 saturated heterocycles. The van der Waals surface area contributed by atoms with Crippen molar-refractivity contribution in [2.75, 3.05) is 26.4 Å². The molecule has 0 aromatic carbocycles. The van der Waals surface area contributed by atoms with Gasteiger partial charge in [0.15, 0.2) is 0 Å². The van der Waals surface area contributed by atoms with Crippen LogP contribution in [-0.2, 0) is 13.8 Å². The molecule has 0 rings (SSSR count). The Labute approximate surface area is 98.6 Å². The van der Waals surface area contributed by atoms with E-state index in [0.717, 1.165) is 0 Å². The molecule has 10 nitrogen and oxygen atoms in total. The van der Waals surface area contributed by atoms with Crippen molar-refractivity contribution < 1.29 is 38.9 Å². The smallest absolute Gasteiger partial charge is 0.394 e. The van der Waals surface area contributed by atoms with Crippen LogP contribution < -0.4 is 12.3 Å². The number of phosphoric acid groups is 1. The predicted octanol–water partition coefficient (Wildman–Crippen LogP) is -1.85. The molecule has 0 spiro atoms. The molecule has 0 amide bonds. The molecule has 0 aromatic heterocycles. The van der Waals surface area contributed by atoms with E-state index in [1.807, 2.05) is 0 Å². The fourth-order valence-corrected chi connectivity index (χ4v) is 1.21. The van der Waals surface area contributed by atoms with Gasteiger partial charge in [0.2, 0.25) is 0 Å². The second-order valence-corrected chi connectivity index (χ2v) is 3.97. The molecule has 17 heavy (non-hydrogen) atoms. The predicted molar refractivity (Wildman–Crippen MR) is 58.0 cm³/mol. The first-order chi connectivity index (χ1) is 6.89. The lowest BCUT2D eigenvalue weighted by molar-refractivity contribution is -0.0354. The summed E-state index contributed by atoms with van der Waals surface area (Å²) in [6.45, 7) is -1.61. The van der Waals surface area contributed by atoms with Crippen molar-refractivity contribution in [3.63, 3.8) is 0 Å². The van der Waals surface area contributed by atoms with E-state index in [1.54, 1.807) is 0 Å². The molecule has 0 aliphatic rings. The molecular formula is C6H21N2O8P. The number of rotatable bonds is 8. The van der Waals surface area contributed by atoms with Crippen molar-refractivity contribution in [2.45, 2.75) is 12.2 Å². The zero-order valence-electron chi connectivity index (χ0n) is 9.31. The van der Waals surface area contributed by atoms with E-state index in [4.69, 9.17) is 29.8 Å². The van der Waals surface area contributed by atoms with Gasteiger partial charge < -0.3 is 42.1 Å². The normalized spacial score (nSPS) is 14.4. The summed E-state index contributed by atoms with van der Waals surface area (Å²) in [4.78, 5) is 16.8. The molecule has 0 fully saturated rings. The fraction of sp³-hybridized carbons (Fsp3) is 1.00. The lowest BCUT2D eigenvalue weighted by Gasteiger charge is -2.16. The lowest BCUT2D eigenvalue weighted by Crippen LogP contribution is -2.27. The number of phosphoric ester groups is 1. The topological polar surface area (TPSA) is 207 Å². The molecule has 2 atom stereocenters. The summed E-state index contributed by atoms with van der Waals surface area (Å²) in [7, 11) is -4.66. The van der Waals surface area contributed by atoms with Crippen molar-refractivity contribution in [2.24, 2.45) is 0 Å². The van der Waals surface area contributed by atoms with Crippen LogP contribution in [0.25, 0.3) is 0 Å². The van der Waals surface area contributed by atoms with Crippen molar-refractivity contribution in [1.29, 1.82) is 0 Å². The minimum absolute atomic E-state index is 0. The SMILES string of the molecule is N.N.O=P(O)(O)OC(CO)COCC(O)CO. The van der Waals surface area contributed by atoms with E-state index < -0.39 is 33.2 Å². The Morgan fingerprint density at radius 1 is 1.06 bits per heavy atom. The maximum absolute atomic E-state index is 10.4. The zero-order valence-corrected chi connectivity index (χ0v) is 10.2. The highest BCUT2D eigenvalue weighted by Crippen LogP contribution is 2.37. The zero-order chi connectivity index (χ0) is 11.9. The molecular weight excluding hydrogens is 259 g/mol. The average molecular weight is 280 g/mol. The van der Waals surface area contributed by atoms with Crippen LogP contribution in [0.4, 0.5) is 0 Å². The third-order valence-corrected chi connectivity index (χ3v) is 1.89. The molecule has 11 N–H and O–H groups in total. The van der Waals surface area contributed by atoms with Gasteiger partial charge in [-0.2, -0.15) is 0 Å². The Bertz CT molecular complexity index is 212. The minimum Gasteiger partial charge on any atom is -0.394 e. The fourth-order valence-electron chi connectivity index (χ4n) is 0.699. The summed E-state index contributed by atoms with van der Waals surface area (Å²) >= 11 is 0. The van der Waals surface area contributed by atoms with E-state index in [9.17, 15) is 4.57 Å². The van der Waals surface area contributed by atoms with Gasteiger partial charge in [-0.1, -0.05) is 0 Å².